The van der Waals surface area contributed by atoms with E-state index in [9.17, 15) is 8.42 Å². The zero-order valence-corrected chi connectivity index (χ0v) is 10.9. The summed E-state index contributed by atoms with van der Waals surface area (Å²) < 4.78 is 32.0. The van der Waals surface area contributed by atoms with Gasteiger partial charge in [-0.3, -0.25) is 0 Å². The molecule has 2 unspecified atom stereocenters. The molecule has 5 nitrogen and oxygen atoms in total. The van der Waals surface area contributed by atoms with Crippen molar-refractivity contribution in [1.29, 1.82) is 0 Å². The highest BCUT2D eigenvalue weighted by atomic mass is 32.2. The van der Waals surface area contributed by atoms with Crippen molar-refractivity contribution < 1.29 is 13.2 Å². The van der Waals surface area contributed by atoms with Crippen molar-refractivity contribution in [3.8, 4) is 0 Å². The largest absolute Gasteiger partial charge is 0.381 e. The van der Waals surface area contributed by atoms with Gasteiger partial charge in [-0.2, -0.15) is 0 Å². The number of ether oxygens (including phenoxy) is 1. The first kappa shape index (κ1) is 13.3. The summed E-state index contributed by atoms with van der Waals surface area (Å²) in [6.07, 6.45) is 4.38. The molecule has 0 radical (unpaired) electrons. The van der Waals surface area contributed by atoms with E-state index in [2.05, 4.69) is 4.72 Å². The maximum atomic E-state index is 12.0. The smallest absolute Gasteiger partial charge is 0.214 e. The molecule has 2 rings (SSSR count). The summed E-state index contributed by atoms with van der Waals surface area (Å²) in [5.41, 5.74) is 5.93. The van der Waals surface area contributed by atoms with Crippen LogP contribution in [0, 0.1) is 5.92 Å². The number of hydrogen-bond donors (Lipinski definition) is 2. The first-order valence-corrected chi connectivity index (χ1v) is 7.96. The molecular formula is C11H22N2O3S. The van der Waals surface area contributed by atoms with Crippen molar-refractivity contribution in [2.24, 2.45) is 11.7 Å². The monoisotopic (exact) mass is 262 g/mol. The highest BCUT2D eigenvalue weighted by Gasteiger charge is 2.30. The predicted molar refractivity (Wildman–Crippen MR) is 66.1 cm³/mol. The van der Waals surface area contributed by atoms with E-state index in [-0.39, 0.29) is 11.3 Å². The van der Waals surface area contributed by atoms with Crippen LogP contribution in [0.25, 0.3) is 0 Å². The molecule has 1 aliphatic carbocycles. The van der Waals surface area contributed by atoms with Gasteiger partial charge in [-0.1, -0.05) is 6.42 Å². The summed E-state index contributed by atoms with van der Waals surface area (Å²) >= 11 is 0. The van der Waals surface area contributed by atoms with Gasteiger partial charge >= 0.3 is 0 Å². The van der Waals surface area contributed by atoms with Crippen molar-refractivity contribution >= 4 is 10.0 Å². The number of hydrogen-bond acceptors (Lipinski definition) is 4. The molecule has 2 aliphatic rings. The van der Waals surface area contributed by atoms with Crippen LogP contribution in [0.3, 0.4) is 0 Å². The minimum Gasteiger partial charge on any atom is -0.381 e. The van der Waals surface area contributed by atoms with E-state index < -0.39 is 10.0 Å². The third-order valence-electron chi connectivity index (χ3n) is 3.87. The topological polar surface area (TPSA) is 81.4 Å². The molecule has 0 aromatic rings. The Kier molecular flexibility index (Phi) is 4.41. The Morgan fingerprint density at radius 2 is 1.88 bits per heavy atom. The van der Waals surface area contributed by atoms with Crippen LogP contribution in [-0.4, -0.2) is 39.5 Å². The first-order chi connectivity index (χ1) is 8.09. The maximum Gasteiger partial charge on any atom is 0.214 e. The van der Waals surface area contributed by atoms with Crippen molar-refractivity contribution in [3.63, 3.8) is 0 Å². The van der Waals surface area contributed by atoms with Crippen molar-refractivity contribution in [1.82, 2.24) is 4.72 Å². The Morgan fingerprint density at radius 1 is 1.18 bits per heavy atom. The second-order valence-corrected chi connectivity index (χ2v) is 7.11. The first-order valence-electron chi connectivity index (χ1n) is 6.41. The number of nitrogens with one attached hydrogen (secondary N) is 1. The van der Waals surface area contributed by atoms with Crippen LogP contribution in [0.1, 0.15) is 32.1 Å². The molecule has 0 aromatic heterocycles. The maximum absolute atomic E-state index is 12.0. The molecular weight excluding hydrogens is 240 g/mol. The lowest BCUT2D eigenvalue weighted by Gasteiger charge is -2.24. The summed E-state index contributed by atoms with van der Waals surface area (Å²) in [4.78, 5) is 0. The second-order valence-electron chi connectivity index (χ2n) is 5.06. The van der Waals surface area contributed by atoms with Gasteiger partial charge in [-0.05, 0) is 31.6 Å². The van der Waals surface area contributed by atoms with E-state index in [0.717, 1.165) is 19.3 Å². The van der Waals surface area contributed by atoms with Crippen molar-refractivity contribution in [2.45, 2.75) is 43.4 Å². The Labute approximate surface area is 103 Å². The Bertz CT molecular complexity index is 339. The van der Waals surface area contributed by atoms with Gasteiger partial charge in [0.2, 0.25) is 10.0 Å². The quantitative estimate of drug-likeness (QED) is 0.759. The zero-order chi connectivity index (χ0) is 12.3. The lowest BCUT2D eigenvalue weighted by Crippen LogP contribution is -2.42. The summed E-state index contributed by atoms with van der Waals surface area (Å²) in [7, 11) is -3.18. The van der Waals surface area contributed by atoms with Crippen molar-refractivity contribution in [2.75, 3.05) is 19.8 Å². The molecule has 17 heavy (non-hydrogen) atoms. The molecule has 1 heterocycles. The number of nitrogens with two attached hydrogens (primary N) is 1. The van der Waals surface area contributed by atoms with Gasteiger partial charge in [-0.15, -0.1) is 0 Å². The second kappa shape index (κ2) is 5.65. The van der Waals surface area contributed by atoms with E-state index >= 15 is 0 Å². The normalized spacial score (nSPS) is 31.8. The molecule has 2 fully saturated rings. The fraction of sp³-hybridized carbons (Fsp3) is 1.00. The van der Waals surface area contributed by atoms with E-state index in [1.54, 1.807) is 0 Å². The molecule has 1 saturated heterocycles. The standard InChI is InChI=1S/C11H22N2O3S/c12-11-3-1-2-9(11)8-13-17(14,15)10-4-6-16-7-5-10/h9-11,13H,1-8,12H2. The predicted octanol–water partition coefficient (Wildman–Crippen LogP) is 0.212. The Balaban J connectivity index is 1.84. The average molecular weight is 262 g/mol. The number of rotatable bonds is 4. The van der Waals surface area contributed by atoms with Gasteiger partial charge in [0.1, 0.15) is 0 Å². The van der Waals surface area contributed by atoms with Gasteiger partial charge in [0, 0.05) is 25.8 Å². The zero-order valence-electron chi connectivity index (χ0n) is 10.1. The highest BCUT2D eigenvalue weighted by Crippen LogP contribution is 2.24. The van der Waals surface area contributed by atoms with Crippen LogP contribution in [0.5, 0.6) is 0 Å². The molecule has 2 atom stereocenters. The van der Waals surface area contributed by atoms with Crippen LogP contribution in [-0.2, 0) is 14.8 Å². The minimum absolute atomic E-state index is 0.160. The molecule has 1 aliphatic heterocycles. The third kappa shape index (κ3) is 3.40. The van der Waals surface area contributed by atoms with Crippen molar-refractivity contribution in [3.05, 3.63) is 0 Å². The van der Waals surface area contributed by atoms with Crippen LogP contribution in [0.4, 0.5) is 0 Å². The van der Waals surface area contributed by atoms with Gasteiger partial charge in [-0.25, -0.2) is 13.1 Å². The highest BCUT2D eigenvalue weighted by molar-refractivity contribution is 7.90. The third-order valence-corrected chi connectivity index (χ3v) is 5.79. The van der Waals surface area contributed by atoms with Gasteiger partial charge < -0.3 is 10.5 Å². The molecule has 6 heteroatoms. The minimum atomic E-state index is -3.18. The molecule has 100 valence electrons. The molecule has 1 saturated carbocycles. The lowest BCUT2D eigenvalue weighted by atomic mass is 10.1. The molecule has 0 amide bonds. The summed E-state index contributed by atoms with van der Waals surface area (Å²) in [6.45, 7) is 1.60. The van der Waals surface area contributed by atoms with E-state index in [4.69, 9.17) is 10.5 Å². The van der Waals surface area contributed by atoms with E-state index in [1.165, 1.54) is 0 Å². The van der Waals surface area contributed by atoms with E-state index in [0.29, 0.717) is 38.5 Å². The fourth-order valence-corrected chi connectivity index (χ4v) is 4.14. The van der Waals surface area contributed by atoms with Gasteiger partial charge in [0.25, 0.3) is 0 Å². The van der Waals surface area contributed by atoms with Crippen LogP contribution in [0.15, 0.2) is 0 Å². The Morgan fingerprint density at radius 3 is 2.47 bits per heavy atom. The molecule has 0 bridgehead atoms. The Hall–Kier alpha value is -0.170. The summed E-state index contributed by atoms with van der Waals surface area (Å²) in [5.74, 6) is 0.310. The van der Waals surface area contributed by atoms with Gasteiger partial charge in [0.05, 0.1) is 5.25 Å². The van der Waals surface area contributed by atoms with Gasteiger partial charge in [0.15, 0.2) is 0 Å². The average Bonchev–Trinajstić information content (AvgIpc) is 2.74. The van der Waals surface area contributed by atoms with Crippen LogP contribution in [0.2, 0.25) is 0 Å². The van der Waals surface area contributed by atoms with E-state index in [1.807, 2.05) is 0 Å². The number of sulfonamides is 1. The SMILES string of the molecule is NC1CCCC1CNS(=O)(=O)C1CCOCC1. The van der Waals surface area contributed by atoms with Crippen LogP contribution < -0.4 is 10.5 Å². The molecule has 0 spiro atoms. The molecule has 0 aromatic carbocycles. The summed E-state index contributed by atoms with van der Waals surface area (Å²) in [6, 6.07) is 0.160. The fourth-order valence-electron chi connectivity index (χ4n) is 2.65. The summed E-state index contributed by atoms with van der Waals surface area (Å²) in [5, 5.41) is -0.283. The lowest BCUT2D eigenvalue weighted by molar-refractivity contribution is 0.0981. The van der Waals surface area contributed by atoms with Crippen LogP contribution >= 0.6 is 0 Å². The molecule has 3 N–H and O–H groups in total.